The van der Waals surface area contributed by atoms with Gasteiger partial charge in [0.15, 0.2) is 0 Å². The largest absolute Gasteiger partial charge is 0.497 e. The van der Waals surface area contributed by atoms with Crippen LogP contribution in [0.3, 0.4) is 0 Å². The van der Waals surface area contributed by atoms with Crippen LogP contribution in [0.5, 0.6) is 11.5 Å². The van der Waals surface area contributed by atoms with E-state index in [-0.39, 0.29) is 12.0 Å². The Bertz CT molecular complexity index is 1340. The Balaban J connectivity index is 1.14. The second kappa shape index (κ2) is 11.4. The molecule has 5 rings (SSSR count). The Kier molecular flexibility index (Phi) is 7.66. The number of hydrogen-bond acceptors (Lipinski definition) is 5. The summed E-state index contributed by atoms with van der Waals surface area (Å²) in [4.78, 5) is 21.5. The van der Waals surface area contributed by atoms with Crippen LogP contribution in [-0.2, 0) is 13.1 Å². The van der Waals surface area contributed by atoms with Gasteiger partial charge in [-0.05, 0) is 66.7 Å². The molecule has 0 bridgehead atoms. The number of pyridine rings is 1. The average Bonchev–Trinajstić information content (AvgIpc) is 2.93. The van der Waals surface area contributed by atoms with E-state index in [1.54, 1.807) is 7.11 Å². The highest BCUT2D eigenvalue weighted by Gasteiger charge is 2.25. The van der Waals surface area contributed by atoms with Gasteiger partial charge in [0.05, 0.1) is 12.6 Å². The lowest BCUT2D eigenvalue weighted by molar-refractivity contribution is 0.0595. The predicted molar refractivity (Wildman–Crippen MR) is 146 cm³/mol. The van der Waals surface area contributed by atoms with Crippen LogP contribution in [0, 0.1) is 0 Å². The normalized spacial score (nSPS) is 14.2. The number of methoxy groups -OCH3 is 1. The molecule has 4 aromatic rings. The second-order valence-electron chi connectivity index (χ2n) is 9.64. The molecule has 0 aliphatic carbocycles. The first-order chi connectivity index (χ1) is 18.1. The van der Waals surface area contributed by atoms with Crippen molar-refractivity contribution < 1.29 is 14.3 Å². The van der Waals surface area contributed by atoms with Gasteiger partial charge in [0.25, 0.3) is 5.91 Å². The van der Waals surface area contributed by atoms with E-state index >= 15 is 0 Å². The van der Waals surface area contributed by atoms with Crippen molar-refractivity contribution in [1.29, 1.82) is 0 Å². The third-order valence-electron chi connectivity index (χ3n) is 6.90. The highest BCUT2D eigenvalue weighted by molar-refractivity contribution is 5.94. The van der Waals surface area contributed by atoms with E-state index < -0.39 is 0 Å². The minimum Gasteiger partial charge on any atom is -0.497 e. The molecule has 6 heteroatoms. The molecule has 0 saturated carbocycles. The van der Waals surface area contributed by atoms with Crippen molar-refractivity contribution in [1.82, 2.24) is 14.8 Å². The van der Waals surface area contributed by atoms with Gasteiger partial charge in [-0.2, -0.15) is 0 Å². The Labute approximate surface area is 218 Å². The van der Waals surface area contributed by atoms with Crippen molar-refractivity contribution >= 4 is 16.8 Å². The SMILES string of the molecule is COc1ccc(C(=O)N2CCC(Oc3cccc(CN(C)Cc4cccc5ncccc45)c3)CC2)cc1. The third-order valence-corrected chi connectivity index (χ3v) is 6.90. The molecular formula is C31H33N3O3. The standard InChI is InChI=1S/C31H33N3O3/c1-33(22-25-7-4-10-30-29(25)9-5-17-32-30)21-23-6-3-8-28(20-23)37-27-15-18-34(19-16-27)31(35)24-11-13-26(36-2)14-12-24/h3-14,17,20,27H,15-16,18-19,21-22H2,1-2H3. The molecule has 6 nitrogen and oxygen atoms in total. The predicted octanol–water partition coefficient (Wildman–Crippen LogP) is 5.56. The smallest absolute Gasteiger partial charge is 0.253 e. The van der Waals surface area contributed by atoms with Crippen molar-refractivity contribution in [3.63, 3.8) is 0 Å². The minimum atomic E-state index is 0.0631. The highest BCUT2D eigenvalue weighted by Crippen LogP contribution is 2.23. The summed E-state index contributed by atoms with van der Waals surface area (Å²) in [7, 11) is 3.76. The van der Waals surface area contributed by atoms with E-state index in [2.05, 4.69) is 59.4 Å². The number of aromatic nitrogens is 1. The molecule has 0 spiro atoms. The number of carbonyl (C=O) groups is 1. The number of likely N-dealkylation sites (tertiary alicyclic amines) is 1. The summed E-state index contributed by atoms with van der Waals surface area (Å²) in [5.74, 6) is 1.70. The van der Waals surface area contributed by atoms with Crippen LogP contribution in [0.25, 0.3) is 10.9 Å². The molecular weight excluding hydrogens is 462 g/mol. The van der Waals surface area contributed by atoms with Gasteiger partial charge in [-0.3, -0.25) is 14.7 Å². The summed E-state index contributed by atoms with van der Waals surface area (Å²) >= 11 is 0. The van der Waals surface area contributed by atoms with Crippen LogP contribution in [-0.4, -0.2) is 54.0 Å². The first-order valence-corrected chi connectivity index (χ1v) is 12.8. The molecule has 0 atom stereocenters. The Hall–Kier alpha value is -3.90. The molecule has 1 amide bonds. The van der Waals surface area contributed by atoms with Crippen molar-refractivity contribution in [3.05, 3.63) is 102 Å². The maximum Gasteiger partial charge on any atom is 0.253 e. The topological polar surface area (TPSA) is 54.9 Å². The summed E-state index contributed by atoms with van der Waals surface area (Å²) in [5, 5.41) is 1.20. The fourth-order valence-electron chi connectivity index (χ4n) is 4.97. The summed E-state index contributed by atoms with van der Waals surface area (Å²) in [6.07, 6.45) is 3.59. The Morgan fingerprint density at radius 3 is 2.51 bits per heavy atom. The molecule has 190 valence electrons. The molecule has 1 fully saturated rings. The van der Waals surface area contributed by atoms with Crippen LogP contribution in [0.2, 0.25) is 0 Å². The quantitative estimate of drug-likeness (QED) is 0.320. The molecule has 0 radical (unpaired) electrons. The summed E-state index contributed by atoms with van der Waals surface area (Å²) in [6, 6.07) is 26.1. The number of piperidine rings is 1. The van der Waals surface area contributed by atoms with Gasteiger partial charge in [-0.15, -0.1) is 0 Å². The van der Waals surface area contributed by atoms with E-state index in [4.69, 9.17) is 9.47 Å². The van der Waals surface area contributed by atoms with E-state index in [0.29, 0.717) is 18.7 Å². The maximum absolute atomic E-state index is 12.9. The zero-order valence-corrected chi connectivity index (χ0v) is 21.5. The van der Waals surface area contributed by atoms with E-state index in [9.17, 15) is 4.79 Å². The number of carbonyl (C=O) groups excluding carboxylic acids is 1. The number of nitrogens with zero attached hydrogens (tertiary/aromatic N) is 3. The fraction of sp³-hybridized carbons (Fsp3) is 0.290. The Morgan fingerprint density at radius 1 is 0.946 bits per heavy atom. The lowest BCUT2D eigenvalue weighted by Crippen LogP contribution is -2.41. The van der Waals surface area contributed by atoms with E-state index in [1.165, 1.54) is 16.5 Å². The summed E-state index contributed by atoms with van der Waals surface area (Å²) in [5.41, 5.74) is 4.21. The summed E-state index contributed by atoms with van der Waals surface area (Å²) in [6.45, 7) is 3.05. The minimum absolute atomic E-state index is 0.0631. The number of rotatable bonds is 8. The van der Waals surface area contributed by atoms with Gasteiger partial charge in [0.2, 0.25) is 0 Å². The molecule has 37 heavy (non-hydrogen) atoms. The molecule has 1 aromatic heterocycles. The van der Waals surface area contributed by atoms with Crippen molar-refractivity contribution in [2.45, 2.75) is 32.0 Å². The maximum atomic E-state index is 12.9. The molecule has 0 N–H and O–H groups in total. The molecule has 1 aliphatic rings. The number of amides is 1. The lowest BCUT2D eigenvalue weighted by Gasteiger charge is -2.32. The van der Waals surface area contributed by atoms with Gasteiger partial charge in [0, 0.05) is 56.2 Å². The fourth-order valence-corrected chi connectivity index (χ4v) is 4.97. The number of hydrogen-bond donors (Lipinski definition) is 0. The zero-order chi connectivity index (χ0) is 25.6. The van der Waals surface area contributed by atoms with Gasteiger partial charge in [-0.25, -0.2) is 0 Å². The number of fused-ring (bicyclic) bond motifs is 1. The molecule has 3 aromatic carbocycles. The molecule has 1 saturated heterocycles. The van der Waals surface area contributed by atoms with Crippen LogP contribution in [0.1, 0.15) is 34.3 Å². The first-order valence-electron chi connectivity index (χ1n) is 12.8. The second-order valence-corrected chi connectivity index (χ2v) is 9.64. The van der Waals surface area contributed by atoms with Crippen LogP contribution in [0.4, 0.5) is 0 Å². The molecule has 0 unspecified atom stereocenters. The Morgan fingerprint density at radius 2 is 1.73 bits per heavy atom. The monoisotopic (exact) mass is 495 g/mol. The van der Waals surface area contributed by atoms with Gasteiger partial charge < -0.3 is 14.4 Å². The number of ether oxygens (including phenoxy) is 2. The van der Waals surface area contributed by atoms with Crippen molar-refractivity contribution in [3.8, 4) is 11.5 Å². The van der Waals surface area contributed by atoms with Crippen molar-refractivity contribution in [2.24, 2.45) is 0 Å². The van der Waals surface area contributed by atoms with Crippen LogP contribution in [0.15, 0.2) is 85.1 Å². The van der Waals surface area contributed by atoms with E-state index in [1.807, 2.05) is 47.5 Å². The summed E-state index contributed by atoms with van der Waals surface area (Å²) < 4.78 is 11.5. The first kappa shape index (κ1) is 24.8. The molecule has 2 heterocycles. The number of benzene rings is 3. The lowest BCUT2D eigenvalue weighted by atomic mass is 10.1. The zero-order valence-electron chi connectivity index (χ0n) is 21.5. The van der Waals surface area contributed by atoms with E-state index in [0.717, 1.165) is 42.9 Å². The van der Waals surface area contributed by atoms with Gasteiger partial charge in [0.1, 0.15) is 17.6 Å². The average molecular weight is 496 g/mol. The highest BCUT2D eigenvalue weighted by atomic mass is 16.5. The van der Waals surface area contributed by atoms with Gasteiger partial charge >= 0.3 is 0 Å². The van der Waals surface area contributed by atoms with Crippen molar-refractivity contribution in [2.75, 3.05) is 27.2 Å². The van der Waals surface area contributed by atoms with Gasteiger partial charge in [-0.1, -0.05) is 30.3 Å². The molecule has 1 aliphatic heterocycles. The third kappa shape index (κ3) is 6.09. The van der Waals surface area contributed by atoms with Crippen LogP contribution < -0.4 is 9.47 Å². The van der Waals surface area contributed by atoms with Crippen LogP contribution >= 0.6 is 0 Å².